The van der Waals surface area contributed by atoms with Crippen molar-refractivity contribution in [2.75, 3.05) is 18.1 Å². The highest BCUT2D eigenvalue weighted by Gasteiger charge is 2.33. The third-order valence-corrected chi connectivity index (χ3v) is 5.39. The van der Waals surface area contributed by atoms with Crippen LogP contribution in [0.4, 0.5) is 0 Å². The van der Waals surface area contributed by atoms with Crippen molar-refractivity contribution in [3.05, 3.63) is 36.1 Å². The summed E-state index contributed by atoms with van der Waals surface area (Å²) in [7, 11) is 0. The average molecular weight is 305 g/mol. The van der Waals surface area contributed by atoms with Crippen LogP contribution in [0, 0.1) is 5.92 Å². The first-order valence-corrected chi connectivity index (χ1v) is 8.75. The number of nitrogens with one attached hydrogen (secondary N) is 1. The molecule has 2 heterocycles. The van der Waals surface area contributed by atoms with Crippen LogP contribution in [-0.4, -0.2) is 28.8 Å². The molecular formula is C17H23NO2S. The lowest BCUT2D eigenvalue weighted by molar-refractivity contribution is 0.0615. The fourth-order valence-corrected chi connectivity index (χ4v) is 4.15. The zero-order valence-electron chi connectivity index (χ0n) is 12.6. The minimum atomic E-state index is -0.566. The second kappa shape index (κ2) is 6.03. The number of thioether (sulfide) groups is 1. The van der Waals surface area contributed by atoms with Crippen molar-refractivity contribution in [3.8, 4) is 0 Å². The predicted molar refractivity (Wildman–Crippen MR) is 88.7 cm³/mol. The van der Waals surface area contributed by atoms with Gasteiger partial charge in [0.1, 0.15) is 11.3 Å². The van der Waals surface area contributed by atoms with E-state index in [0.29, 0.717) is 12.5 Å². The average Bonchev–Trinajstić information content (AvgIpc) is 3.05. The van der Waals surface area contributed by atoms with Crippen molar-refractivity contribution in [1.29, 1.82) is 0 Å². The Morgan fingerprint density at radius 2 is 2.19 bits per heavy atom. The molecule has 3 rings (SSSR count). The maximum absolute atomic E-state index is 10.5. The lowest BCUT2D eigenvalue weighted by Gasteiger charge is -2.27. The first-order valence-electron chi connectivity index (χ1n) is 7.59. The molecule has 2 N–H and O–H groups in total. The maximum atomic E-state index is 10.5. The number of furan rings is 1. The normalized spacial score (nSPS) is 24.0. The van der Waals surface area contributed by atoms with Crippen LogP contribution in [0.3, 0.4) is 0 Å². The first-order chi connectivity index (χ1) is 10.1. The molecule has 0 bridgehead atoms. The van der Waals surface area contributed by atoms with E-state index in [-0.39, 0.29) is 6.04 Å². The molecular weight excluding hydrogens is 282 g/mol. The van der Waals surface area contributed by atoms with Crippen LogP contribution in [0.5, 0.6) is 0 Å². The lowest BCUT2D eigenvalue weighted by Crippen LogP contribution is -2.42. The van der Waals surface area contributed by atoms with Gasteiger partial charge in [-0.15, -0.1) is 0 Å². The molecule has 0 radical (unpaired) electrons. The van der Waals surface area contributed by atoms with Crippen LogP contribution in [0.1, 0.15) is 32.1 Å². The Kier molecular flexibility index (Phi) is 4.29. The van der Waals surface area contributed by atoms with Gasteiger partial charge in [0.25, 0.3) is 0 Å². The molecule has 1 aliphatic rings. The van der Waals surface area contributed by atoms with Crippen LogP contribution in [-0.2, 0) is 0 Å². The minimum Gasteiger partial charge on any atom is -0.459 e. The Hall–Kier alpha value is -0.970. The smallest absolute Gasteiger partial charge is 0.134 e. The van der Waals surface area contributed by atoms with E-state index in [9.17, 15) is 5.11 Å². The number of hydrogen-bond donors (Lipinski definition) is 2. The maximum Gasteiger partial charge on any atom is 0.134 e. The van der Waals surface area contributed by atoms with Crippen LogP contribution >= 0.6 is 11.8 Å². The van der Waals surface area contributed by atoms with Gasteiger partial charge in [0.05, 0.1) is 11.6 Å². The zero-order valence-corrected chi connectivity index (χ0v) is 13.5. The third-order valence-electron chi connectivity index (χ3n) is 4.15. The number of benzene rings is 1. The molecule has 114 valence electrons. The highest BCUT2D eigenvalue weighted by atomic mass is 32.2. The molecule has 1 saturated heterocycles. The fraction of sp³-hybridized carbons (Fsp3) is 0.529. The van der Waals surface area contributed by atoms with Crippen molar-refractivity contribution < 1.29 is 9.52 Å². The molecule has 2 unspecified atom stereocenters. The van der Waals surface area contributed by atoms with Gasteiger partial charge in [0.2, 0.25) is 0 Å². The van der Waals surface area contributed by atoms with Crippen molar-refractivity contribution in [2.45, 2.75) is 31.9 Å². The molecule has 2 atom stereocenters. The highest BCUT2D eigenvalue weighted by Crippen LogP contribution is 2.31. The van der Waals surface area contributed by atoms with Crippen LogP contribution < -0.4 is 5.32 Å². The van der Waals surface area contributed by atoms with Gasteiger partial charge in [-0.05, 0) is 30.2 Å². The molecule has 1 aliphatic heterocycles. The summed E-state index contributed by atoms with van der Waals surface area (Å²) in [5.41, 5.74) is 0.360. The summed E-state index contributed by atoms with van der Waals surface area (Å²) < 4.78 is 5.99. The molecule has 21 heavy (non-hydrogen) atoms. The van der Waals surface area contributed by atoms with Gasteiger partial charge in [-0.3, -0.25) is 0 Å². The van der Waals surface area contributed by atoms with E-state index in [2.05, 4.69) is 31.3 Å². The second-order valence-corrected chi connectivity index (χ2v) is 7.42. The van der Waals surface area contributed by atoms with Crippen molar-refractivity contribution in [1.82, 2.24) is 5.32 Å². The fourth-order valence-electron chi connectivity index (χ4n) is 2.86. The molecule has 2 aromatic rings. The van der Waals surface area contributed by atoms with Crippen molar-refractivity contribution in [2.24, 2.45) is 5.92 Å². The third kappa shape index (κ3) is 3.28. The Bertz CT molecular complexity index is 569. The van der Waals surface area contributed by atoms with Gasteiger partial charge in [0, 0.05) is 17.7 Å². The Morgan fingerprint density at radius 1 is 1.38 bits per heavy atom. The van der Waals surface area contributed by atoms with Gasteiger partial charge < -0.3 is 14.8 Å². The SMILES string of the molecule is CC(C)C(NCC1(O)CCSC1)c1cc2ccccc2o1. The molecule has 0 aliphatic carbocycles. The zero-order chi connectivity index (χ0) is 14.9. The molecule has 1 aromatic carbocycles. The Labute approximate surface area is 130 Å². The first kappa shape index (κ1) is 14.9. The number of para-hydroxylation sites is 1. The summed E-state index contributed by atoms with van der Waals surface area (Å²) in [4.78, 5) is 0. The lowest BCUT2D eigenvalue weighted by atomic mass is 9.98. The Balaban J connectivity index is 1.77. The summed E-state index contributed by atoms with van der Waals surface area (Å²) in [6.07, 6.45) is 0.871. The van der Waals surface area contributed by atoms with E-state index in [1.165, 1.54) is 0 Å². The van der Waals surface area contributed by atoms with Gasteiger partial charge in [0.15, 0.2) is 0 Å². The standard InChI is InChI=1S/C17H23NO2S/c1-12(2)16(18-10-17(19)7-8-21-11-17)15-9-13-5-3-4-6-14(13)20-15/h3-6,9,12,16,18-19H,7-8,10-11H2,1-2H3. The van der Waals surface area contributed by atoms with E-state index >= 15 is 0 Å². The molecule has 4 heteroatoms. The summed E-state index contributed by atoms with van der Waals surface area (Å²) in [5, 5.41) is 15.2. The summed E-state index contributed by atoms with van der Waals surface area (Å²) >= 11 is 1.83. The number of aliphatic hydroxyl groups is 1. The highest BCUT2D eigenvalue weighted by molar-refractivity contribution is 7.99. The van der Waals surface area contributed by atoms with Gasteiger partial charge in [-0.25, -0.2) is 0 Å². The molecule has 0 spiro atoms. The van der Waals surface area contributed by atoms with Crippen molar-refractivity contribution in [3.63, 3.8) is 0 Å². The van der Waals surface area contributed by atoms with Gasteiger partial charge >= 0.3 is 0 Å². The van der Waals surface area contributed by atoms with Gasteiger partial charge in [-0.1, -0.05) is 32.0 Å². The van der Waals surface area contributed by atoms with E-state index < -0.39 is 5.60 Å². The van der Waals surface area contributed by atoms with Crippen molar-refractivity contribution >= 4 is 22.7 Å². The minimum absolute atomic E-state index is 0.132. The van der Waals surface area contributed by atoms with Gasteiger partial charge in [-0.2, -0.15) is 11.8 Å². The van der Waals surface area contributed by atoms with Crippen LogP contribution in [0.25, 0.3) is 11.0 Å². The summed E-state index contributed by atoms with van der Waals surface area (Å²) in [5.74, 6) is 3.24. The Morgan fingerprint density at radius 3 is 2.86 bits per heavy atom. The monoisotopic (exact) mass is 305 g/mol. The van der Waals surface area contributed by atoms with E-state index in [4.69, 9.17) is 4.42 Å². The van der Waals surface area contributed by atoms with Crippen LogP contribution in [0.2, 0.25) is 0 Å². The number of fused-ring (bicyclic) bond motifs is 1. The summed E-state index contributed by atoms with van der Waals surface area (Å²) in [6, 6.07) is 10.3. The molecule has 0 amide bonds. The number of rotatable bonds is 5. The topological polar surface area (TPSA) is 45.4 Å². The van der Waals surface area contributed by atoms with Crippen LogP contribution in [0.15, 0.2) is 34.7 Å². The van der Waals surface area contributed by atoms with E-state index in [1.807, 2.05) is 30.0 Å². The quantitative estimate of drug-likeness (QED) is 0.886. The predicted octanol–water partition coefficient (Wildman–Crippen LogP) is 3.59. The largest absolute Gasteiger partial charge is 0.459 e. The molecule has 1 aromatic heterocycles. The molecule has 1 fully saturated rings. The van der Waals surface area contributed by atoms with E-state index in [0.717, 1.165) is 34.7 Å². The second-order valence-electron chi connectivity index (χ2n) is 6.32. The summed E-state index contributed by atoms with van der Waals surface area (Å²) in [6.45, 7) is 4.98. The molecule has 0 saturated carbocycles. The van der Waals surface area contributed by atoms with E-state index in [1.54, 1.807) is 0 Å². The number of hydrogen-bond acceptors (Lipinski definition) is 4. The molecule has 3 nitrogen and oxygen atoms in total.